The van der Waals surface area contributed by atoms with E-state index in [2.05, 4.69) is 5.16 Å². The van der Waals surface area contributed by atoms with Crippen LogP contribution in [0.5, 0.6) is 0 Å². The molecule has 0 spiro atoms. The molecule has 0 heterocycles. The first-order chi connectivity index (χ1) is 14.2. The average Bonchev–Trinajstić information content (AvgIpc) is 2.72. The summed E-state index contributed by atoms with van der Waals surface area (Å²) in [4.78, 5) is 20.7. The van der Waals surface area contributed by atoms with Crippen molar-refractivity contribution in [3.63, 3.8) is 0 Å². The molecule has 10 nitrogen and oxygen atoms in total. The van der Waals surface area contributed by atoms with Gasteiger partial charge in [0.15, 0.2) is 0 Å². The molecule has 0 aromatic heterocycles. The molecule has 3 rings (SSSR count). The molecule has 0 amide bonds. The predicted octanol–water partition coefficient (Wildman–Crippen LogP) is 4.06. The fourth-order valence-corrected chi connectivity index (χ4v) is 4.03. The number of rotatable bonds is 6. The fraction of sp³-hybridized carbons (Fsp3) is 0.278. The third kappa shape index (κ3) is 4.59. The predicted molar refractivity (Wildman–Crippen MR) is 103 cm³/mol. The molecule has 2 aromatic carbocycles. The summed E-state index contributed by atoms with van der Waals surface area (Å²) >= 11 is 0. The maximum Gasteiger partial charge on any atom is 0.358 e. The lowest BCUT2D eigenvalue weighted by Gasteiger charge is -2.23. The Balaban J connectivity index is 1.94. The number of hydrogen-bond acceptors (Lipinski definition) is 8. The summed E-state index contributed by atoms with van der Waals surface area (Å²) in [6, 6.07) is 7.31. The van der Waals surface area contributed by atoms with Crippen molar-refractivity contribution in [1.82, 2.24) is 0 Å². The lowest BCUT2D eigenvalue weighted by atomic mass is 9.81. The minimum Gasteiger partial charge on any atom is -0.265 e. The van der Waals surface area contributed by atoms with Crippen LogP contribution < -0.4 is 0 Å². The van der Waals surface area contributed by atoms with E-state index in [0.29, 0.717) is 25.7 Å². The largest absolute Gasteiger partial charge is 0.358 e. The molecule has 158 valence electrons. The molecule has 0 bridgehead atoms. The second kappa shape index (κ2) is 8.53. The van der Waals surface area contributed by atoms with Crippen LogP contribution in [0.2, 0.25) is 0 Å². The first-order valence-electron chi connectivity index (χ1n) is 8.88. The number of nitrogens with zero attached hydrogens (tertiary/aromatic N) is 3. The van der Waals surface area contributed by atoms with Crippen molar-refractivity contribution in [1.29, 1.82) is 0 Å². The van der Waals surface area contributed by atoms with Gasteiger partial charge < -0.3 is 0 Å². The third-order valence-corrected chi connectivity index (χ3v) is 5.85. The SMILES string of the molecule is O=[N+]([O-])c1ccc(C2CCCCC2=NOS(=O)(=O)c2ccc(F)cc2)c([N+](=O)[O-])c1. The minimum absolute atomic E-state index is 0.201. The molecule has 0 aliphatic heterocycles. The topological polar surface area (TPSA) is 142 Å². The molecule has 1 saturated carbocycles. The molecule has 30 heavy (non-hydrogen) atoms. The molecule has 0 saturated heterocycles. The first kappa shape index (κ1) is 21.3. The molecule has 0 N–H and O–H groups in total. The van der Waals surface area contributed by atoms with Crippen molar-refractivity contribution >= 4 is 27.2 Å². The van der Waals surface area contributed by atoms with Crippen LogP contribution in [0.25, 0.3) is 0 Å². The van der Waals surface area contributed by atoms with Gasteiger partial charge in [0.1, 0.15) is 10.7 Å². The molecular weight excluding hydrogens is 421 g/mol. The van der Waals surface area contributed by atoms with Crippen LogP contribution in [0.1, 0.15) is 37.2 Å². The highest BCUT2D eigenvalue weighted by atomic mass is 32.2. The zero-order valence-corrected chi connectivity index (χ0v) is 16.2. The summed E-state index contributed by atoms with van der Waals surface area (Å²) in [7, 11) is -4.30. The lowest BCUT2D eigenvalue weighted by Crippen LogP contribution is -2.20. The number of nitro groups is 2. The maximum atomic E-state index is 13.0. The van der Waals surface area contributed by atoms with Crippen LogP contribution >= 0.6 is 0 Å². The fourth-order valence-electron chi connectivity index (χ4n) is 3.28. The number of halogens is 1. The number of nitro benzene ring substituents is 2. The highest BCUT2D eigenvalue weighted by Crippen LogP contribution is 2.38. The molecule has 1 fully saturated rings. The molecular formula is C18H16FN3O7S. The molecule has 1 aliphatic carbocycles. The Bertz CT molecular complexity index is 1120. The Morgan fingerprint density at radius 3 is 2.37 bits per heavy atom. The van der Waals surface area contributed by atoms with Gasteiger partial charge in [-0.1, -0.05) is 11.6 Å². The van der Waals surface area contributed by atoms with Crippen LogP contribution in [0.4, 0.5) is 15.8 Å². The van der Waals surface area contributed by atoms with Gasteiger partial charge >= 0.3 is 10.1 Å². The van der Waals surface area contributed by atoms with E-state index in [4.69, 9.17) is 4.28 Å². The first-order valence-corrected chi connectivity index (χ1v) is 10.3. The van der Waals surface area contributed by atoms with Crippen molar-refractivity contribution in [3.05, 3.63) is 74.1 Å². The molecule has 0 radical (unpaired) electrons. The normalized spacial score (nSPS) is 18.2. The Labute approximate surface area is 170 Å². The smallest absolute Gasteiger partial charge is 0.265 e. The minimum atomic E-state index is -4.30. The van der Waals surface area contributed by atoms with E-state index in [0.717, 1.165) is 36.4 Å². The maximum absolute atomic E-state index is 13.0. The standard InChI is InChI=1S/C18H16FN3O7S/c19-12-5-8-14(9-6-12)30(27,28)29-20-17-4-2-1-3-15(17)16-10-7-13(21(23)24)11-18(16)22(25)26/h5-11,15H,1-4H2. The van der Waals surface area contributed by atoms with Crippen molar-refractivity contribution in [3.8, 4) is 0 Å². The molecule has 2 aromatic rings. The van der Waals surface area contributed by atoms with Crippen LogP contribution in [0.15, 0.2) is 52.5 Å². The van der Waals surface area contributed by atoms with Crippen LogP contribution in [-0.2, 0) is 14.4 Å². The van der Waals surface area contributed by atoms with Gasteiger partial charge in [-0.25, -0.2) is 4.39 Å². The lowest BCUT2D eigenvalue weighted by molar-refractivity contribution is -0.394. The van der Waals surface area contributed by atoms with Gasteiger partial charge in [0.05, 0.1) is 21.6 Å². The van der Waals surface area contributed by atoms with Crippen molar-refractivity contribution < 1.29 is 26.9 Å². The van der Waals surface area contributed by atoms with Crippen molar-refractivity contribution in [2.75, 3.05) is 0 Å². The quantitative estimate of drug-likeness (QED) is 0.490. The van der Waals surface area contributed by atoms with Gasteiger partial charge in [0, 0.05) is 17.5 Å². The third-order valence-electron chi connectivity index (χ3n) is 4.73. The van der Waals surface area contributed by atoms with Gasteiger partial charge in [-0.2, -0.15) is 8.42 Å². The van der Waals surface area contributed by atoms with Gasteiger partial charge in [-0.05, 0) is 49.6 Å². The summed E-state index contributed by atoms with van der Waals surface area (Å²) < 4.78 is 42.4. The van der Waals surface area contributed by atoms with Gasteiger partial charge in [0.2, 0.25) is 0 Å². The molecule has 1 aliphatic rings. The Kier molecular flexibility index (Phi) is 6.06. The van der Waals surface area contributed by atoms with E-state index in [1.807, 2.05) is 0 Å². The number of non-ortho nitro benzene ring substituents is 1. The highest BCUT2D eigenvalue weighted by molar-refractivity contribution is 7.86. The van der Waals surface area contributed by atoms with Crippen molar-refractivity contribution in [2.45, 2.75) is 36.5 Å². The zero-order valence-electron chi connectivity index (χ0n) is 15.4. The van der Waals surface area contributed by atoms with E-state index in [1.165, 1.54) is 6.07 Å². The second-order valence-corrected chi connectivity index (χ2v) is 8.15. The van der Waals surface area contributed by atoms with E-state index in [-0.39, 0.29) is 16.2 Å². The number of benzene rings is 2. The Morgan fingerprint density at radius 1 is 1.03 bits per heavy atom. The summed E-state index contributed by atoms with van der Waals surface area (Å²) in [6.45, 7) is 0. The van der Waals surface area contributed by atoms with Gasteiger partial charge in [0.25, 0.3) is 11.4 Å². The highest BCUT2D eigenvalue weighted by Gasteiger charge is 2.31. The average molecular weight is 437 g/mol. The van der Waals surface area contributed by atoms with Crippen LogP contribution in [0.3, 0.4) is 0 Å². The van der Waals surface area contributed by atoms with Crippen LogP contribution in [0, 0.1) is 26.0 Å². The van der Waals surface area contributed by atoms with E-state index < -0.39 is 43.1 Å². The van der Waals surface area contributed by atoms with Gasteiger partial charge in [-0.15, -0.1) is 0 Å². The number of hydrogen-bond donors (Lipinski definition) is 0. The number of oxime groups is 1. The molecule has 1 atom stereocenters. The van der Waals surface area contributed by atoms with E-state index in [1.54, 1.807) is 0 Å². The van der Waals surface area contributed by atoms with E-state index >= 15 is 0 Å². The Hall–Kier alpha value is -3.41. The van der Waals surface area contributed by atoms with Crippen LogP contribution in [-0.4, -0.2) is 24.0 Å². The monoisotopic (exact) mass is 437 g/mol. The second-order valence-electron chi connectivity index (χ2n) is 6.62. The van der Waals surface area contributed by atoms with Gasteiger partial charge in [-0.3, -0.25) is 24.5 Å². The summed E-state index contributed by atoms with van der Waals surface area (Å²) in [5.74, 6) is -1.23. The van der Waals surface area contributed by atoms with E-state index in [9.17, 15) is 33.0 Å². The van der Waals surface area contributed by atoms with Crippen molar-refractivity contribution in [2.24, 2.45) is 5.16 Å². The summed E-state index contributed by atoms with van der Waals surface area (Å²) in [6.07, 6.45) is 2.17. The summed E-state index contributed by atoms with van der Waals surface area (Å²) in [5, 5.41) is 26.2. The molecule has 1 unspecified atom stereocenters. The molecule has 12 heteroatoms. The zero-order chi connectivity index (χ0) is 21.9. The summed E-state index contributed by atoms with van der Waals surface area (Å²) in [5.41, 5.74) is -0.379. The Morgan fingerprint density at radius 2 is 1.73 bits per heavy atom.